The third-order valence-corrected chi connectivity index (χ3v) is 3.99. The summed E-state index contributed by atoms with van der Waals surface area (Å²) in [6, 6.07) is 5.98. The van der Waals surface area contributed by atoms with Gasteiger partial charge in [0, 0.05) is 18.5 Å². The average molecular weight is 289 g/mol. The molecule has 1 aromatic rings. The lowest BCUT2D eigenvalue weighted by molar-refractivity contribution is -0.137. The Balaban J connectivity index is 1.69. The number of aliphatic carboxylic acids is 1. The first-order chi connectivity index (χ1) is 10.2. The van der Waals surface area contributed by atoms with Crippen LogP contribution < -0.4 is 5.32 Å². The monoisotopic (exact) mass is 289 g/mol. The number of benzene rings is 1. The van der Waals surface area contributed by atoms with Gasteiger partial charge in [-0.15, -0.1) is 0 Å². The number of rotatable bonds is 8. The molecule has 0 saturated carbocycles. The second kappa shape index (κ2) is 7.81. The SMILES string of the molecule is O=C(O)CCCCCCNC(=O)c1cccc2c1CCC2. The van der Waals surface area contributed by atoms with E-state index in [0.29, 0.717) is 6.54 Å². The standard InChI is InChI=1S/C17H23NO3/c19-16(20)11-3-1-2-4-12-18-17(21)15-10-6-8-13-7-5-9-14(13)15/h6,8,10H,1-5,7,9,11-12H2,(H,18,21)(H,19,20). The minimum absolute atomic E-state index is 0.0271. The molecule has 0 atom stereocenters. The normalized spacial score (nSPS) is 13.0. The quantitative estimate of drug-likeness (QED) is 0.723. The number of aryl methyl sites for hydroxylation is 1. The summed E-state index contributed by atoms with van der Waals surface area (Å²) in [5.41, 5.74) is 3.36. The number of carboxylic acid groups (broad SMARTS) is 1. The fourth-order valence-electron chi connectivity index (χ4n) is 2.88. The van der Waals surface area contributed by atoms with Gasteiger partial charge in [-0.2, -0.15) is 0 Å². The van der Waals surface area contributed by atoms with Gasteiger partial charge in [-0.05, 0) is 49.3 Å². The Morgan fingerprint density at radius 2 is 1.90 bits per heavy atom. The lowest BCUT2D eigenvalue weighted by Crippen LogP contribution is -2.25. The molecule has 0 bridgehead atoms. The number of carbonyl (C=O) groups excluding carboxylic acids is 1. The first kappa shape index (κ1) is 15.5. The zero-order valence-corrected chi connectivity index (χ0v) is 12.4. The van der Waals surface area contributed by atoms with E-state index in [1.54, 1.807) is 0 Å². The summed E-state index contributed by atoms with van der Waals surface area (Å²) in [5, 5.41) is 11.5. The number of fused-ring (bicyclic) bond motifs is 1. The van der Waals surface area contributed by atoms with Crippen molar-refractivity contribution in [2.24, 2.45) is 0 Å². The number of hydrogen-bond acceptors (Lipinski definition) is 2. The molecule has 0 unspecified atom stereocenters. The Kier molecular flexibility index (Phi) is 5.78. The van der Waals surface area contributed by atoms with Crippen LogP contribution in [0.3, 0.4) is 0 Å². The summed E-state index contributed by atoms with van der Waals surface area (Å²) in [7, 11) is 0. The molecule has 4 heteroatoms. The van der Waals surface area contributed by atoms with Gasteiger partial charge in [0.05, 0.1) is 0 Å². The lowest BCUT2D eigenvalue weighted by atomic mass is 10.0. The Bertz CT molecular complexity index is 511. The molecule has 114 valence electrons. The highest BCUT2D eigenvalue weighted by molar-refractivity contribution is 5.96. The molecule has 1 amide bonds. The highest BCUT2D eigenvalue weighted by Crippen LogP contribution is 2.25. The summed E-state index contributed by atoms with van der Waals surface area (Å²) in [4.78, 5) is 22.6. The van der Waals surface area contributed by atoms with Crippen LogP contribution in [0.15, 0.2) is 18.2 Å². The molecule has 0 aliphatic heterocycles. The molecule has 1 aromatic carbocycles. The van der Waals surface area contributed by atoms with Crippen LogP contribution in [0.4, 0.5) is 0 Å². The maximum Gasteiger partial charge on any atom is 0.303 e. The third kappa shape index (κ3) is 4.59. The fraction of sp³-hybridized carbons (Fsp3) is 0.529. The number of carbonyl (C=O) groups is 2. The van der Waals surface area contributed by atoms with E-state index in [1.165, 1.54) is 11.1 Å². The minimum Gasteiger partial charge on any atom is -0.481 e. The van der Waals surface area contributed by atoms with Crippen molar-refractivity contribution >= 4 is 11.9 Å². The van der Waals surface area contributed by atoms with Crippen LogP contribution in [-0.2, 0) is 17.6 Å². The largest absolute Gasteiger partial charge is 0.481 e. The highest BCUT2D eigenvalue weighted by Gasteiger charge is 2.18. The Morgan fingerprint density at radius 3 is 2.71 bits per heavy atom. The van der Waals surface area contributed by atoms with Crippen LogP contribution in [-0.4, -0.2) is 23.5 Å². The van der Waals surface area contributed by atoms with Gasteiger partial charge in [0.1, 0.15) is 0 Å². The van der Waals surface area contributed by atoms with Gasteiger partial charge >= 0.3 is 5.97 Å². The molecule has 21 heavy (non-hydrogen) atoms. The molecule has 2 N–H and O–H groups in total. The average Bonchev–Trinajstić information content (AvgIpc) is 2.93. The summed E-state index contributed by atoms with van der Waals surface area (Å²) in [5.74, 6) is -0.708. The summed E-state index contributed by atoms with van der Waals surface area (Å²) in [6.07, 6.45) is 6.96. The third-order valence-electron chi connectivity index (χ3n) is 3.99. The van der Waals surface area contributed by atoms with Crippen LogP contribution in [0.5, 0.6) is 0 Å². The second-order valence-corrected chi connectivity index (χ2v) is 5.61. The van der Waals surface area contributed by atoms with E-state index in [9.17, 15) is 9.59 Å². The van der Waals surface area contributed by atoms with Crippen molar-refractivity contribution < 1.29 is 14.7 Å². The smallest absolute Gasteiger partial charge is 0.303 e. The van der Waals surface area contributed by atoms with Crippen LogP contribution >= 0.6 is 0 Å². The Hall–Kier alpha value is -1.84. The van der Waals surface area contributed by atoms with Crippen LogP contribution in [0.25, 0.3) is 0 Å². The molecule has 0 aromatic heterocycles. The van der Waals surface area contributed by atoms with Gasteiger partial charge in [-0.3, -0.25) is 9.59 Å². The number of nitrogens with one attached hydrogen (secondary N) is 1. The van der Waals surface area contributed by atoms with E-state index in [4.69, 9.17) is 5.11 Å². The topological polar surface area (TPSA) is 66.4 Å². The van der Waals surface area contributed by atoms with E-state index in [1.807, 2.05) is 12.1 Å². The molecule has 0 heterocycles. The highest BCUT2D eigenvalue weighted by atomic mass is 16.4. The predicted octanol–water partition coefficient (Wildman–Crippen LogP) is 2.94. The van der Waals surface area contributed by atoms with E-state index in [0.717, 1.165) is 50.5 Å². The van der Waals surface area contributed by atoms with Crippen molar-refractivity contribution in [1.82, 2.24) is 5.32 Å². The molecule has 2 rings (SSSR count). The zero-order chi connectivity index (χ0) is 15.1. The van der Waals surface area contributed by atoms with E-state index in [-0.39, 0.29) is 12.3 Å². The molecule has 0 radical (unpaired) electrons. The van der Waals surface area contributed by atoms with Crippen molar-refractivity contribution in [2.45, 2.75) is 51.4 Å². The summed E-state index contributed by atoms with van der Waals surface area (Å²) < 4.78 is 0. The van der Waals surface area contributed by atoms with Gasteiger partial charge in [-0.25, -0.2) is 0 Å². The van der Waals surface area contributed by atoms with Crippen molar-refractivity contribution in [2.75, 3.05) is 6.54 Å². The first-order valence-electron chi connectivity index (χ1n) is 7.79. The molecular weight excluding hydrogens is 266 g/mol. The molecule has 1 aliphatic carbocycles. The second-order valence-electron chi connectivity index (χ2n) is 5.61. The molecule has 1 aliphatic rings. The number of amides is 1. The lowest BCUT2D eigenvalue weighted by Gasteiger charge is -2.09. The Morgan fingerprint density at radius 1 is 1.10 bits per heavy atom. The van der Waals surface area contributed by atoms with Crippen molar-refractivity contribution in [3.05, 3.63) is 34.9 Å². The number of hydrogen-bond donors (Lipinski definition) is 2. The van der Waals surface area contributed by atoms with Gasteiger partial charge in [0.15, 0.2) is 0 Å². The first-order valence-corrected chi connectivity index (χ1v) is 7.79. The maximum absolute atomic E-state index is 12.2. The maximum atomic E-state index is 12.2. The molecule has 0 spiro atoms. The Labute approximate surface area is 125 Å². The molecule has 0 fully saturated rings. The van der Waals surface area contributed by atoms with E-state index >= 15 is 0 Å². The zero-order valence-electron chi connectivity index (χ0n) is 12.4. The molecule has 0 saturated heterocycles. The van der Waals surface area contributed by atoms with Crippen LogP contribution in [0, 0.1) is 0 Å². The van der Waals surface area contributed by atoms with Crippen molar-refractivity contribution in [3.8, 4) is 0 Å². The number of carboxylic acids is 1. The van der Waals surface area contributed by atoms with Gasteiger partial charge in [-0.1, -0.05) is 25.0 Å². The van der Waals surface area contributed by atoms with E-state index < -0.39 is 5.97 Å². The van der Waals surface area contributed by atoms with Gasteiger partial charge in [0.25, 0.3) is 5.91 Å². The molecular formula is C17H23NO3. The fourth-order valence-corrected chi connectivity index (χ4v) is 2.88. The van der Waals surface area contributed by atoms with Crippen molar-refractivity contribution in [3.63, 3.8) is 0 Å². The van der Waals surface area contributed by atoms with Crippen molar-refractivity contribution in [1.29, 1.82) is 0 Å². The number of unbranched alkanes of at least 4 members (excludes halogenated alkanes) is 3. The predicted molar refractivity (Wildman–Crippen MR) is 81.5 cm³/mol. The van der Waals surface area contributed by atoms with E-state index in [2.05, 4.69) is 11.4 Å². The minimum atomic E-state index is -0.735. The summed E-state index contributed by atoms with van der Waals surface area (Å²) >= 11 is 0. The summed E-state index contributed by atoms with van der Waals surface area (Å²) in [6.45, 7) is 0.662. The molecule has 4 nitrogen and oxygen atoms in total. The van der Waals surface area contributed by atoms with Gasteiger partial charge in [0.2, 0.25) is 0 Å². The van der Waals surface area contributed by atoms with Crippen LogP contribution in [0.2, 0.25) is 0 Å². The van der Waals surface area contributed by atoms with Crippen LogP contribution in [0.1, 0.15) is 60.0 Å². The van der Waals surface area contributed by atoms with Gasteiger partial charge < -0.3 is 10.4 Å².